The number of likely N-dealkylation sites (N-methyl/N-ethyl adjacent to an activating group) is 1. The van der Waals surface area contributed by atoms with Crippen LogP contribution in [0.15, 0.2) is 24.3 Å². The van der Waals surface area contributed by atoms with Gasteiger partial charge in [0.2, 0.25) is 11.8 Å². The summed E-state index contributed by atoms with van der Waals surface area (Å²) in [6.07, 6.45) is 0.214. The molecule has 0 aliphatic carbocycles. The predicted molar refractivity (Wildman–Crippen MR) is 90.6 cm³/mol. The second kappa shape index (κ2) is 8.15. The average molecular weight is 334 g/mol. The van der Waals surface area contributed by atoms with Crippen molar-refractivity contribution in [3.8, 4) is 5.75 Å². The maximum Gasteiger partial charge on any atom is 0.228 e. The molecule has 1 fully saturated rings. The first kappa shape index (κ1) is 18.3. The lowest BCUT2D eigenvalue weighted by atomic mass is 9.92. The lowest BCUT2D eigenvalue weighted by molar-refractivity contribution is -0.136. The van der Waals surface area contributed by atoms with Crippen molar-refractivity contribution in [2.45, 2.75) is 26.3 Å². The summed E-state index contributed by atoms with van der Waals surface area (Å²) in [5.74, 6) is 0.246. The zero-order valence-electron chi connectivity index (χ0n) is 14.6. The van der Waals surface area contributed by atoms with E-state index in [1.165, 1.54) is 0 Å². The molecule has 0 saturated carbocycles. The lowest BCUT2D eigenvalue weighted by Crippen LogP contribution is -2.40. The molecule has 0 aromatic heterocycles. The van der Waals surface area contributed by atoms with Crippen molar-refractivity contribution in [2.24, 2.45) is 5.92 Å². The molecule has 1 N–H and O–H groups in total. The second-order valence-corrected chi connectivity index (χ2v) is 5.85. The van der Waals surface area contributed by atoms with Gasteiger partial charge >= 0.3 is 0 Å². The van der Waals surface area contributed by atoms with Crippen LogP contribution >= 0.6 is 0 Å². The number of methoxy groups -OCH3 is 1. The highest BCUT2D eigenvalue weighted by atomic mass is 16.5. The minimum absolute atomic E-state index is 0.00304. The third-order valence-electron chi connectivity index (χ3n) is 4.61. The van der Waals surface area contributed by atoms with E-state index in [4.69, 9.17) is 9.84 Å². The molecule has 1 aliphatic heterocycles. The number of hydrogen-bond acceptors (Lipinski definition) is 4. The van der Waals surface area contributed by atoms with Crippen molar-refractivity contribution in [1.29, 1.82) is 0 Å². The maximum atomic E-state index is 12.9. The molecule has 1 aromatic carbocycles. The van der Waals surface area contributed by atoms with Crippen LogP contribution in [0.25, 0.3) is 0 Å². The predicted octanol–water partition coefficient (Wildman–Crippen LogP) is 1.45. The first-order valence-corrected chi connectivity index (χ1v) is 8.40. The van der Waals surface area contributed by atoms with Crippen LogP contribution in [0.1, 0.15) is 31.9 Å². The normalized spacial score (nSPS) is 20.3. The molecule has 0 radical (unpaired) electrons. The molecular formula is C18H26N2O4. The summed E-state index contributed by atoms with van der Waals surface area (Å²) in [7, 11) is 1.60. The number of likely N-dealkylation sites (tertiary alicyclic amines) is 1. The van der Waals surface area contributed by atoms with Gasteiger partial charge in [-0.3, -0.25) is 9.59 Å². The SMILES string of the molecule is CCN(CCO)C(=O)[C@@H]1CC(=O)N(CC)[C@H]1c1ccc(OC)cc1. The number of amides is 2. The van der Waals surface area contributed by atoms with E-state index in [2.05, 4.69) is 0 Å². The van der Waals surface area contributed by atoms with E-state index in [1.807, 2.05) is 38.1 Å². The van der Waals surface area contributed by atoms with Gasteiger partial charge in [0.15, 0.2) is 0 Å². The summed E-state index contributed by atoms with van der Waals surface area (Å²) < 4.78 is 5.18. The van der Waals surface area contributed by atoms with E-state index < -0.39 is 5.92 Å². The molecule has 0 spiro atoms. The van der Waals surface area contributed by atoms with Crippen LogP contribution in [-0.4, -0.2) is 60.1 Å². The molecular weight excluding hydrogens is 308 g/mol. The fourth-order valence-corrected chi connectivity index (χ4v) is 3.38. The Morgan fingerprint density at radius 1 is 1.33 bits per heavy atom. The Kier molecular flexibility index (Phi) is 6.20. The first-order valence-electron chi connectivity index (χ1n) is 8.40. The molecule has 6 heteroatoms. The van der Waals surface area contributed by atoms with Crippen LogP contribution < -0.4 is 4.74 Å². The van der Waals surface area contributed by atoms with Crippen molar-refractivity contribution in [3.05, 3.63) is 29.8 Å². The van der Waals surface area contributed by atoms with Gasteiger partial charge in [0.1, 0.15) is 5.75 Å². The molecule has 132 valence electrons. The number of benzene rings is 1. The van der Waals surface area contributed by atoms with Gasteiger partial charge < -0.3 is 19.6 Å². The molecule has 6 nitrogen and oxygen atoms in total. The molecule has 1 saturated heterocycles. The van der Waals surface area contributed by atoms with Gasteiger partial charge in [0.25, 0.3) is 0 Å². The third kappa shape index (κ3) is 3.53. The Morgan fingerprint density at radius 3 is 2.50 bits per heavy atom. The largest absolute Gasteiger partial charge is 0.497 e. The number of aliphatic hydroxyl groups is 1. The van der Waals surface area contributed by atoms with Crippen LogP contribution in [0, 0.1) is 5.92 Å². The molecule has 2 rings (SSSR count). The number of carbonyl (C=O) groups excluding carboxylic acids is 2. The summed E-state index contributed by atoms with van der Waals surface area (Å²) in [4.78, 5) is 28.6. The fourth-order valence-electron chi connectivity index (χ4n) is 3.38. The number of ether oxygens (including phenoxy) is 1. The minimum atomic E-state index is -0.419. The molecule has 1 aliphatic rings. The van der Waals surface area contributed by atoms with Crippen molar-refractivity contribution in [3.63, 3.8) is 0 Å². The molecule has 2 amide bonds. The van der Waals surface area contributed by atoms with Crippen LogP contribution in [-0.2, 0) is 9.59 Å². The molecule has 0 unspecified atom stereocenters. The number of aliphatic hydroxyl groups excluding tert-OH is 1. The van der Waals surface area contributed by atoms with Gasteiger partial charge in [-0.1, -0.05) is 12.1 Å². The van der Waals surface area contributed by atoms with Crippen molar-refractivity contribution in [1.82, 2.24) is 9.80 Å². The van der Waals surface area contributed by atoms with Gasteiger partial charge in [0, 0.05) is 26.1 Å². The van der Waals surface area contributed by atoms with Gasteiger partial charge in [-0.2, -0.15) is 0 Å². The number of hydrogen-bond donors (Lipinski definition) is 1. The summed E-state index contributed by atoms with van der Waals surface area (Å²) >= 11 is 0. The maximum absolute atomic E-state index is 12.9. The second-order valence-electron chi connectivity index (χ2n) is 5.85. The van der Waals surface area contributed by atoms with Gasteiger partial charge in [-0.25, -0.2) is 0 Å². The highest BCUT2D eigenvalue weighted by Crippen LogP contribution is 2.39. The fraction of sp³-hybridized carbons (Fsp3) is 0.556. The molecule has 1 aromatic rings. The number of nitrogens with zero attached hydrogens (tertiary/aromatic N) is 2. The first-order chi connectivity index (χ1) is 11.6. The van der Waals surface area contributed by atoms with E-state index in [0.717, 1.165) is 11.3 Å². The van der Waals surface area contributed by atoms with Crippen LogP contribution in [0.3, 0.4) is 0 Å². The molecule has 24 heavy (non-hydrogen) atoms. The van der Waals surface area contributed by atoms with Crippen molar-refractivity contribution in [2.75, 3.05) is 33.4 Å². The summed E-state index contributed by atoms with van der Waals surface area (Å²) in [6, 6.07) is 7.24. The monoisotopic (exact) mass is 334 g/mol. The van der Waals surface area contributed by atoms with E-state index in [9.17, 15) is 9.59 Å². The summed E-state index contributed by atoms with van der Waals surface area (Å²) in [5, 5.41) is 9.17. The average Bonchev–Trinajstić information content (AvgIpc) is 2.95. The highest BCUT2D eigenvalue weighted by Gasteiger charge is 2.44. The van der Waals surface area contributed by atoms with E-state index >= 15 is 0 Å². The van der Waals surface area contributed by atoms with Crippen LogP contribution in [0.5, 0.6) is 5.75 Å². The molecule has 2 atom stereocenters. The van der Waals surface area contributed by atoms with Crippen molar-refractivity contribution < 1.29 is 19.4 Å². The Labute approximate surface area is 143 Å². The van der Waals surface area contributed by atoms with Crippen molar-refractivity contribution >= 4 is 11.8 Å². The summed E-state index contributed by atoms with van der Waals surface area (Å²) in [5.41, 5.74) is 0.932. The molecule has 0 bridgehead atoms. The van der Waals surface area contributed by atoms with Crippen LogP contribution in [0.2, 0.25) is 0 Å². The number of carbonyl (C=O) groups is 2. The Hall–Kier alpha value is -2.08. The van der Waals surface area contributed by atoms with Gasteiger partial charge in [-0.05, 0) is 31.5 Å². The summed E-state index contributed by atoms with van der Waals surface area (Å²) in [6.45, 7) is 5.10. The quantitative estimate of drug-likeness (QED) is 0.819. The minimum Gasteiger partial charge on any atom is -0.497 e. The zero-order valence-corrected chi connectivity index (χ0v) is 14.6. The van der Waals surface area contributed by atoms with Crippen LogP contribution in [0.4, 0.5) is 0 Å². The Morgan fingerprint density at radius 2 is 2.00 bits per heavy atom. The Balaban J connectivity index is 2.33. The molecule has 1 heterocycles. The van der Waals surface area contributed by atoms with E-state index in [-0.39, 0.29) is 30.9 Å². The van der Waals surface area contributed by atoms with E-state index in [1.54, 1.807) is 16.9 Å². The standard InChI is InChI=1S/C18H26N2O4/c1-4-19(10-11-21)18(23)15-12-16(22)20(5-2)17(15)13-6-8-14(24-3)9-7-13/h6-9,15,17,21H,4-5,10-12H2,1-3H3/t15-,17+/m1/s1. The smallest absolute Gasteiger partial charge is 0.228 e. The van der Waals surface area contributed by atoms with E-state index in [0.29, 0.717) is 19.6 Å². The van der Waals surface area contributed by atoms with Gasteiger partial charge in [0.05, 0.1) is 25.7 Å². The topological polar surface area (TPSA) is 70.1 Å². The number of rotatable bonds is 7. The van der Waals surface area contributed by atoms with Gasteiger partial charge in [-0.15, -0.1) is 0 Å². The Bertz CT molecular complexity index is 573. The highest BCUT2D eigenvalue weighted by molar-refractivity contribution is 5.90. The third-order valence-corrected chi connectivity index (χ3v) is 4.61. The zero-order chi connectivity index (χ0) is 17.7. The lowest BCUT2D eigenvalue weighted by Gasteiger charge is -2.30.